The third-order valence-corrected chi connectivity index (χ3v) is 5.87. The SMILES string of the molecule is O=S(=O)(NC1CC2CCC(C1)N2)c1ccc(F)c(C(F)(F)F)c1. The summed E-state index contributed by atoms with van der Waals surface area (Å²) < 4.78 is 78.5. The van der Waals surface area contributed by atoms with Crippen molar-refractivity contribution in [2.45, 2.75) is 54.9 Å². The summed E-state index contributed by atoms with van der Waals surface area (Å²) in [5.74, 6) is -1.49. The van der Waals surface area contributed by atoms with Gasteiger partial charge >= 0.3 is 6.18 Å². The third-order valence-electron chi connectivity index (χ3n) is 4.35. The van der Waals surface area contributed by atoms with Gasteiger partial charge in [0.25, 0.3) is 0 Å². The largest absolute Gasteiger partial charge is 0.419 e. The first-order valence-electron chi connectivity index (χ1n) is 7.30. The van der Waals surface area contributed by atoms with Crippen LogP contribution in [0, 0.1) is 5.82 Å². The summed E-state index contributed by atoms with van der Waals surface area (Å²) in [4.78, 5) is -0.572. The van der Waals surface area contributed by atoms with Crippen molar-refractivity contribution in [3.8, 4) is 0 Å². The molecule has 2 bridgehead atoms. The van der Waals surface area contributed by atoms with Crippen molar-refractivity contribution >= 4 is 10.0 Å². The molecule has 2 aliphatic heterocycles. The van der Waals surface area contributed by atoms with Crippen molar-refractivity contribution in [1.82, 2.24) is 10.0 Å². The molecular formula is C14H16F4N2O2S. The second-order valence-electron chi connectivity index (χ2n) is 6.07. The average Bonchev–Trinajstić information content (AvgIpc) is 2.76. The second kappa shape index (κ2) is 5.71. The van der Waals surface area contributed by atoms with Gasteiger partial charge in [-0.3, -0.25) is 0 Å². The molecule has 1 aromatic rings. The van der Waals surface area contributed by atoms with Gasteiger partial charge in [-0.15, -0.1) is 0 Å². The van der Waals surface area contributed by atoms with Gasteiger partial charge in [0, 0.05) is 18.1 Å². The highest BCUT2D eigenvalue weighted by molar-refractivity contribution is 7.89. The Morgan fingerprint density at radius 3 is 2.30 bits per heavy atom. The predicted octanol–water partition coefficient (Wildman–Crippen LogP) is 2.41. The Labute approximate surface area is 131 Å². The van der Waals surface area contributed by atoms with Gasteiger partial charge in [-0.1, -0.05) is 0 Å². The predicted molar refractivity (Wildman–Crippen MR) is 74.7 cm³/mol. The van der Waals surface area contributed by atoms with Crippen LogP contribution in [0.5, 0.6) is 0 Å². The standard InChI is InChI=1S/C14H16F4N2O2S/c15-13-4-3-11(7-12(13)14(16,17)18)23(21,22)20-10-5-8-1-2-9(6-10)19-8/h3-4,7-10,19-20H,1-2,5-6H2. The third kappa shape index (κ3) is 3.51. The molecule has 2 aliphatic rings. The van der Waals surface area contributed by atoms with Gasteiger partial charge in [0.15, 0.2) is 0 Å². The summed E-state index contributed by atoms with van der Waals surface area (Å²) in [6.45, 7) is 0. The van der Waals surface area contributed by atoms with Gasteiger partial charge in [0.05, 0.1) is 10.5 Å². The lowest BCUT2D eigenvalue weighted by Gasteiger charge is -2.29. The maximum Gasteiger partial charge on any atom is 0.419 e. The Bertz CT molecular complexity index is 693. The summed E-state index contributed by atoms with van der Waals surface area (Å²) >= 11 is 0. The van der Waals surface area contributed by atoms with Gasteiger partial charge in [0.2, 0.25) is 10.0 Å². The molecular weight excluding hydrogens is 336 g/mol. The Morgan fingerprint density at radius 2 is 1.74 bits per heavy atom. The molecule has 2 heterocycles. The normalized spacial score (nSPS) is 28.1. The minimum atomic E-state index is -4.94. The first-order chi connectivity index (χ1) is 10.6. The molecule has 0 aliphatic carbocycles. The maximum atomic E-state index is 13.3. The van der Waals surface area contributed by atoms with E-state index in [1.807, 2.05) is 0 Å². The van der Waals surface area contributed by atoms with Crippen LogP contribution in [0.15, 0.2) is 23.1 Å². The lowest BCUT2D eigenvalue weighted by atomic mass is 10.0. The first-order valence-corrected chi connectivity index (χ1v) is 8.78. The maximum absolute atomic E-state index is 13.3. The molecule has 2 fully saturated rings. The number of alkyl halides is 3. The van der Waals surface area contributed by atoms with Gasteiger partial charge < -0.3 is 5.32 Å². The fraction of sp³-hybridized carbons (Fsp3) is 0.571. The fourth-order valence-corrected chi connectivity index (χ4v) is 4.62. The molecule has 2 unspecified atom stereocenters. The van der Waals surface area contributed by atoms with E-state index in [2.05, 4.69) is 10.0 Å². The monoisotopic (exact) mass is 352 g/mol. The van der Waals surface area contributed by atoms with Gasteiger partial charge in [0.1, 0.15) is 5.82 Å². The second-order valence-corrected chi connectivity index (χ2v) is 7.78. The molecule has 1 aromatic carbocycles. The summed E-state index contributed by atoms with van der Waals surface area (Å²) in [6, 6.07) is 1.87. The van der Waals surface area contributed by atoms with Gasteiger partial charge in [-0.2, -0.15) is 13.2 Å². The summed E-state index contributed by atoms with van der Waals surface area (Å²) in [5.41, 5.74) is -1.58. The number of fused-ring (bicyclic) bond motifs is 2. The number of sulfonamides is 1. The highest BCUT2D eigenvalue weighted by atomic mass is 32.2. The number of hydrogen-bond acceptors (Lipinski definition) is 3. The summed E-state index contributed by atoms with van der Waals surface area (Å²) in [7, 11) is -4.12. The average molecular weight is 352 g/mol. The van der Waals surface area contributed by atoms with Crippen LogP contribution >= 0.6 is 0 Å². The Balaban J connectivity index is 1.82. The molecule has 9 heteroatoms. The van der Waals surface area contributed by atoms with Crippen LogP contribution < -0.4 is 10.0 Å². The van der Waals surface area contributed by atoms with Crippen molar-refractivity contribution in [1.29, 1.82) is 0 Å². The molecule has 0 saturated carbocycles. The van der Waals surface area contributed by atoms with Crippen LogP contribution in [0.1, 0.15) is 31.2 Å². The van der Waals surface area contributed by atoms with E-state index in [1.54, 1.807) is 0 Å². The van der Waals surface area contributed by atoms with Crippen LogP contribution in [0.2, 0.25) is 0 Å². The molecule has 23 heavy (non-hydrogen) atoms. The molecule has 2 N–H and O–H groups in total. The number of benzene rings is 1. The zero-order chi connectivity index (χ0) is 16.8. The Hall–Kier alpha value is -1.19. The van der Waals surface area contributed by atoms with Crippen LogP contribution in [0.4, 0.5) is 17.6 Å². The van der Waals surface area contributed by atoms with E-state index < -0.39 is 32.5 Å². The van der Waals surface area contributed by atoms with Crippen molar-refractivity contribution in [2.75, 3.05) is 0 Å². The lowest BCUT2D eigenvalue weighted by molar-refractivity contribution is -0.140. The van der Waals surface area contributed by atoms with Crippen LogP contribution in [0.25, 0.3) is 0 Å². The van der Waals surface area contributed by atoms with E-state index in [0.717, 1.165) is 18.9 Å². The smallest absolute Gasteiger partial charge is 0.311 e. The zero-order valence-electron chi connectivity index (χ0n) is 12.0. The Kier molecular flexibility index (Phi) is 4.14. The van der Waals surface area contributed by atoms with E-state index in [0.29, 0.717) is 25.0 Å². The lowest BCUT2D eigenvalue weighted by Crippen LogP contribution is -2.47. The molecule has 0 radical (unpaired) electrons. The number of halogens is 4. The van der Waals surface area contributed by atoms with Crippen LogP contribution in [-0.2, 0) is 16.2 Å². The molecule has 4 nitrogen and oxygen atoms in total. The molecule has 0 aromatic heterocycles. The number of hydrogen-bond donors (Lipinski definition) is 2. The van der Waals surface area contributed by atoms with Crippen LogP contribution in [0.3, 0.4) is 0 Å². The van der Waals surface area contributed by atoms with Gasteiger partial charge in [-0.05, 0) is 43.9 Å². The van der Waals surface area contributed by atoms with Crippen molar-refractivity contribution in [3.63, 3.8) is 0 Å². The highest BCUT2D eigenvalue weighted by Gasteiger charge is 2.37. The van der Waals surface area contributed by atoms with Gasteiger partial charge in [-0.25, -0.2) is 17.5 Å². The van der Waals surface area contributed by atoms with Crippen molar-refractivity contribution < 1.29 is 26.0 Å². The fourth-order valence-electron chi connectivity index (χ4n) is 3.33. The quantitative estimate of drug-likeness (QED) is 0.822. The van der Waals surface area contributed by atoms with E-state index in [9.17, 15) is 26.0 Å². The van der Waals surface area contributed by atoms with E-state index >= 15 is 0 Å². The highest BCUT2D eigenvalue weighted by Crippen LogP contribution is 2.33. The molecule has 0 spiro atoms. The molecule has 0 amide bonds. The summed E-state index contributed by atoms with van der Waals surface area (Å²) in [6.07, 6.45) is -1.80. The van der Waals surface area contributed by atoms with Crippen LogP contribution in [-0.4, -0.2) is 26.5 Å². The van der Waals surface area contributed by atoms with E-state index in [-0.39, 0.29) is 18.1 Å². The summed E-state index contributed by atoms with van der Waals surface area (Å²) in [5, 5.41) is 3.35. The van der Waals surface area contributed by atoms with Crippen molar-refractivity contribution in [2.24, 2.45) is 0 Å². The number of piperidine rings is 1. The first kappa shape index (κ1) is 16.7. The molecule has 3 rings (SSSR count). The minimum Gasteiger partial charge on any atom is -0.311 e. The number of rotatable bonds is 3. The van der Waals surface area contributed by atoms with E-state index in [4.69, 9.17) is 0 Å². The minimum absolute atomic E-state index is 0.236. The Morgan fingerprint density at radius 1 is 1.13 bits per heavy atom. The molecule has 128 valence electrons. The number of nitrogens with one attached hydrogen (secondary N) is 2. The molecule has 2 saturated heterocycles. The topological polar surface area (TPSA) is 58.2 Å². The zero-order valence-corrected chi connectivity index (χ0v) is 12.8. The molecule has 2 atom stereocenters. The van der Waals surface area contributed by atoms with Crippen molar-refractivity contribution in [3.05, 3.63) is 29.6 Å². The van der Waals surface area contributed by atoms with E-state index in [1.165, 1.54) is 0 Å².